The van der Waals surface area contributed by atoms with Crippen LogP contribution in [0.25, 0.3) is 0 Å². The van der Waals surface area contributed by atoms with Crippen LogP contribution in [0.5, 0.6) is 0 Å². The summed E-state index contributed by atoms with van der Waals surface area (Å²) in [6.45, 7) is 6.93. The maximum atomic E-state index is 12.1. The van der Waals surface area contributed by atoms with Crippen molar-refractivity contribution >= 4 is 5.91 Å². The Kier molecular flexibility index (Phi) is 5.31. The molecular weight excluding hydrogens is 264 g/mol. The summed E-state index contributed by atoms with van der Waals surface area (Å²) in [4.78, 5) is 12.1. The van der Waals surface area contributed by atoms with E-state index in [0.717, 1.165) is 38.5 Å². The summed E-state index contributed by atoms with van der Waals surface area (Å²) in [7, 11) is 0. The van der Waals surface area contributed by atoms with Crippen molar-refractivity contribution in [2.75, 3.05) is 6.54 Å². The van der Waals surface area contributed by atoms with E-state index in [4.69, 9.17) is 0 Å². The first-order valence-electron chi connectivity index (χ1n) is 8.56. The highest BCUT2D eigenvalue weighted by Gasteiger charge is 2.36. The van der Waals surface area contributed by atoms with Crippen molar-refractivity contribution in [3.05, 3.63) is 0 Å². The summed E-state index contributed by atoms with van der Waals surface area (Å²) in [5, 5.41) is 17.0. The first-order chi connectivity index (χ1) is 9.80. The van der Waals surface area contributed by atoms with E-state index in [-0.39, 0.29) is 11.9 Å². The van der Waals surface area contributed by atoms with Crippen LogP contribution < -0.4 is 10.6 Å². The van der Waals surface area contributed by atoms with Crippen LogP contribution in [0.15, 0.2) is 0 Å². The Morgan fingerprint density at radius 3 is 2.33 bits per heavy atom. The zero-order valence-electron chi connectivity index (χ0n) is 13.9. The quantitative estimate of drug-likeness (QED) is 0.730. The number of carbonyl (C=O) groups excluding carboxylic acids is 1. The average Bonchev–Trinajstić information content (AvgIpc) is 2.93. The van der Waals surface area contributed by atoms with E-state index < -0.39 is 5.60 Å². The summed E-state index contributed by atoms with van der Waals surface area (Å²) < 4.78 is 0. The molecule has 2 rings (SSSR count). The summed E-state index contributed by atoms with van der Waals surface area (Å²) in [5.41, 5.74) is -0.297. The maximum absolute atomic E-state index is 12.1. The molecule has 2 saturated carbocycles. The summed E-state index contributed by atoms with van der Waals surface area (Å²) in [6.07, 6.45) is 8.41. The SMILES string of the molecule is CC(NCC1(O)CCC(C)(C)CC1)C(=O)NC1CCCC1. The lowest BCUT2D eigenvalue weighted by Gasteiger charge is -2.40. The number of hydrogen-bond donors (Lipinski definition) is 3. The van der Waals surface area contributed by atoms with Gasteiger partial charge in [0.2, 0.25) is 5.91 Å². The molecule has 0 spiro atoms. The van der Waals surface area contributed by atoms with Crippen molar-refractivity contribution in [3.8, 4) is 0 Å². The molecule has 0 bridgehead atoms. The van der Waals surface area contributed by atoms with Crippen molar-refractivity contribution in [3.63, 3.8) is 0 Å². The third kappa shape index (κ3) is 4.96. The Morgan fingerprint density at radius 2 is 1.76 bits per heavy atom. The second kappa shape index (κ2) is 6.66. The lowest BCUT2D eigenvalue weighted by Crippen LogP contribution is -2.52. The van der Waals surface area contributed by atoms with Gasteiger partial charge in [0.15, 0.2) is 0 Å². The second-order valence-corrected chi connectivity index (χ2v) is 7.98. The van der Waals surface area contributed by atoms with Crippen LogP contribution in [-0.4, -0.2) is 35.2 Å². The topological polar surface area (TPSA) is 61.4 Å². The fraction of sp³-hybridized carbons (Fsp3) is 0.941. The Bertz CT molecular complexity index is 352. The lowest BCUT2D eigenvalue weighted by molar-refractivity contribution is -0.123. The molecule has 0 saturated heterocycles. The summed E-state index contributed by atoms with van der Waals surface area (Å²) >= 11 is 0. The predicted octanol–water partition coefficient (Wildman–Crippen LogP) is 2.35. The highest BCUT2D eigenvalue weighted by atomic mass is 16.3. The van der Waals surface area contributed by atoms with Crippen LogP contribution in [0.1, 0.15) is 72.1 Å². The average molecular weight is 296 g/mol. The molecule has 4 nitrogen and oxygen atoms in total. The molecule has 122 valence electrons. The van der Waals surface area contributed by atoms with E-state index in [2.05, 4.69) is 24.5 Å². The van der Waals surface area contributed by atoms with Crippen molar-refractivity contribution in [2.24, 2.45) is 5.41 Å². The van der Waals surface area contributed by atoms with Crippen LogP contribution in [0, 0.1) is 5.41 Å². The molecule has 3 N–H and O–H groups in total. The molecule has 2 aliphatic rings. The zero-order chi connectivity index (χ0) is 15.5. The fourth-order valence-corrected chi connectivity index (χ4v) is 3.40. The van der Waals surface area contributed by atoms with E-state index >= 15 is 0 Å². The Hall–Kier alpha value is -0.610. The highest BCUT2D eigenvalue weighted by Crippen LogP contribution is 2.39. The lowest BCUT2D eigenvalue weighted by atomic mass is 9.71. The third-order valence-corrected chi connectivity index (χ3v) is 5.37. The third-order valence-electron chi connectivity index (χ3n) is 5.37. The molecule has 0 radical (unpaired) electrons. The van der Waals surface area contributed by atoms with Crippen molar-refractivity contribution in [2.45, 2.75) is 89.8 Å². The van der Waals surface area contributed by atoms with Crippen molar-refractivity contribution in [1.29, 1.82) is 0 Å². The van der Waals surface area contributed by atoms with Crippen LogP contribution in [0.4, 0.5) is 0 Å². The number of carbonyl (C=O) groups is 1. The maximum Gasteiger partial charge on any atom is 0.237 e. The van der Waals surface area contributed by atoms with Crippen LogP contribution in [-0.2, 0) is 4.79 Å². The smallest absolute Gasteiger partial charge is 0.237 e. The minimum absolute atomic E-state index is 0.0710. The Labute approximate surface area is 129 Å². The van der Waals surface area contributed by atoms with E-state index in [1.54, 1.807) is 0 Å². The first kappa shape index (κ1) is 16.8. The van der Waals surface area contributed by atoms with Gasteiger partial charge in [-0.1, -0.05) is 26.7 Å². The molecule has 0 aromatic carbocycles. The van der Waals surface area contributed by atoms with Gasteiger partial charge in [-0.2, -0.15) is 0 Å². The number of aliphatic hydroxyl groups is 1. The molecule has 2 aliphatic carbocycles. The molecule has 1 unspecified atom stereocenters. The van der Waals surface area contributed by atoms with Gasteiger partial charge in [0.25, 0.3) is 0 Å². The van der Waals surface area contributed by atoms with E-state index in [1.165, 1.54) is 12.8 Å². The van der Waals surface area contributed by atoms with Gasteiger partial charge in [-0.15, -0.1) is 0 Å². The normalized spacial score (nSPS) is 26.5. The molecule has 21 heavy (non-hydrogen) atoms. The van der Waals surface area contributed by atoms with Crippen LogP contribution in [0.2, 0.25) is 0 Å². The van der Waals surface area contributed by atoms with Gasteiger partial charge in [0.1, 0.15) is 0 Å². The number of rotatable bonds is 5. The zero-order valence-corrected chi connectivity index (χ0v) is 13.9. The summed E-state index contributed by atoms with van der Waals surface area (Å²) in [6, 6.07) is 0.130. The second-order valence-electron chi connectivity index (χ2n) is 7.98. The van der Waals surface area contributed by atoms with Crippen molar-refractivity contribution < 1.29 is 9.90 Å². The molecule has 0 heterocycles. The highest BCUT2D eigenvalue weighted by molar-refractivity contribution is 5.81. The molecule has 0 aliphatic heterocycles. The van der Waals surface area contributed by atoms with Gasteiger partial charge >= 0.3 is 0 Å². The van der Waals surface area contributed by atoms with Gasteiger partial charge in [-0.25, -0.2) is 0 Å². The molecular formula is C17H32N2O2. The Balaban J connectivity index is 1.72. The standard InChI is InChI=1S/C17H32N2O2/c1-13(15(20)19-14-6-4-5-7-14)18-12-17(21)10-8-16(2,3)9-11-17/h13-14,18,21H,4-12H2,1-3H3,(H,19,20). The van der Waals surface area contributed by atoms with Gasteiger partial charge < -0.3 is 15.7 Å². The van der Waals surface area contributed by atoms with E-state index in [1.807, 2.05) is 6.92 Å². The Morgan fingerprint density at radius 1 is 1.19 bits per heavy atom. The van der Waals surface area contributed by atoms with Crippen LogP contribution >= 0.6 is 0 Å². The minimum atomic E-state index is -0.641. The van der Waals surface area contributed by atoms with Gasteiger partial charge in [0, 0.05) is 12.6 Å². The molecule has 2 fully saturated rings. The number of hydrogen-bond acceptors (Lipinski definition) is 3. The summed E-state index contributed by atoms with van der Waals surface area (Å²) in [5.74, 6) is 0.0710. The molecule has 1 atom stereocenters. The van der Waals surface area contributed by atoms with Gasteiger partial charge in [-0.05, 0) is 50.9 Å². The van der Waals surface area contributed by atoms with Gasteiger partial charge in [0.05, 0.1) is 11.6 Å². The van der Waals surface area contributed by atoms with Crippen molar-refractivity contribution in [1.82, 2.24) is 10.6 Å². The number of amides is 1. The van der Waals surface area contributed by atoms with E-state index in [0.29, 0.717) is 18.0 Å². The van der Waals surface area contributed by atoms with Gasteiger partial charge in [-0.3, -0.25) is 4.79 Å². The molecule has 0 aromatic rings. The largest absolute Gasteiger partial charge is 0.389 e. The molecule has 1 amide bonds. The predicted molar refractivity (Wildman–Crippen MR) is 85.1 cm³/mol. The van der Waals surface area contributed by atoms with Crippen LogP contribution in [0.3, 0.4) is 0 Å². The number of nitrogens with one attached hydrogen (secondary N) is 2. The first-order valence-corrected chi connectivity index (χ1v) is 8.56. The fourth-order valence-electron chi connectivity index (χ4n) is 3.40. The molecule has 0 aromatic heterocycles. The molecule has 4 heteroatoms. The minimum Gasteiger partial charge on any atom is -0.389 e. The van der Waals surface area contributed by atoms with E-state index in [9.17, 15) is 9.90 Å². The monoisotopic (exact) mass is 296 g/mol.